The minimum absolute atomic E-state index is 0.0196. The van der Waals surface area contributed by atoms with E-state index in [1.807, 2.05) is 0 Å². The number of likely N-dealkylation sites (tertiary alicyclic amines) is 1. The van der Waals surface area contributed by atoms with E-state index in [0.29, 0.717) is 12.1 Å². The van der Waals surface area contributed by atoms with Gasteiger partial charge in [-0.2, -0.15) is 0 Å². The molecule has 0 aromatic heterocycles. The summed E-state index contributed by atoms with van der Waals surface area (Å²) in [7, 11) is 0. The molecule has 120 valence electrons. The highest BCUT2D eigenvalue weighted by atomic mass is 16.2. The van der Waals surface area contributed by atoms with E-state index in [1.165, 1.54) is 18.4 Å². The summed E-state index contributed by atoms with van der Waals surface area (Å²) in [5.41, 5.74) is 1.35. The Kier molecular flexibility index (Phi) is 4.98. The van der Waals surface area contributed by atoms with E-state index in [-0.39, 0.29) is 12.1 Å². The number of hydrogen-bond donors (Lipinski definition) is 2. The van der Waals surface area contributed by atoms with E-state index in [2.05, 4.69) is 52.8 Å². The number of nitrogens with one attached hydrogen (secondary N) is 2. The highest BCUT2D eigenvalue weighted by Crippen LogP contribution is 2.24. The highest BCUT2D eigenvalue weighted by Gasteiger charge is 2.28. The molecule has 4 heteroatoms. The third-order valence-corrected chi connectivity index (χ3v) is 5.07. The predicted molar refractivity (Wildman–Crippen MR) is 88.8 cm³/mol. The molecule has 0 radical (unpaired) electrons. The maximum atomic E-state index is 12.1. The second-order valence-corrected chi connectivity index (χ2v) is 6.67. The van der Waals surface area contributed by atoms with Gasteiger partial charge in [0.25, 0.3) is 0 Å². The summed E-state index contributed by atoms with van der Waals surface area (Å²) in [6, 6.07) is 11.7. The third-order valence-electron chi connectivity index (χ3n) is 5.07. The lowest BCUT2D eigenvalue weighted by Crippen LogP contribution is -2.46. The third kappa shape index (κ3) is 3.80. The molecular weight excluding hydrogens is 274 g/mol. The van der Waals surface area contributed by atoms with Gasteiger partial charge < -0.3 is 10.6 Å². The van der Waals surface area contributed by atoms with Crippen molar-refractivity contribution in [3.8, 4) is 0 Å². The van der Waals surface area contributed by atoms with E-state index in [1.54, 1.807) is 0 Å². The van der Waals surface area contributed by atoms with E-state index in [9.17, 15) is 4.79 Å². The minimum Gasteiger partial charge on any atom is -0.335 e. The Labute approximate surface area is 133 Å². The van der Waals surface area contributed by atoms with Crippen LogP contribution < -0.4 is 10.6 Å². The van der Waals surface area contributed by atoms with Crippen LogP contribution in [-0.2, 0) is 0 Å². The normalized spacial score (nSPS) is 24.3. The van der Waals surface area contributed by atoms with Gasteiger partial charge in [-0.3, -0.25) is 4.90 Å². The number of benzene rings is 1. The largest absolute Gasteiger partial charge is 0.335 e. The lowest BCUT2D eigenvalue weighted by atomic mass is 10.1. The Bertz CT molecular complexity index is 484. The molecule has 1 aromatic rings. The average Bonchev–Trinajstić information content (AvgIpc) is 3.19. The summed E-state index contributed by atoms with van der Waals surface area (Å²) < 4.78 is 0. The Morgan fingerprint density at radius 2 is 1.77 bits per heavy atom. The van der Waals surface area contributed by atoms with Crippen LogP contribution in [0.1, 0.15) is 50.6 Å². The summed E-state index contributed by atoms with van der Waals surface area (Å²) in [6.07, 6.45) is 5.80. The molecule has 2 amide bonds. The molecule has 1 saturated carbocycles. The van der Waals surface area contributed by atoms with Crippen molar-refractivity contribution >= 4 is 6.03 Å². The van der Waals surface area contributed by atoms with Crippen molar-refractivity contribution in [3.05, 3.63) is 35.9 Å². The zero-order chi connectivity index (χ0) is 15.4. The number of amides is 2. The van der Waals surface area contributed by atoms with E-state index in [0.717, 1.165) is 32.4 Å². The van der Waals surface area contributed by atoms with Crippen LogP contribution in [0.3, 0.4) is 0 Å². The maximum Gasteiger partial charge on any atom is 0.315 e. The molecule has 2 fully saturated rings. The van der Waals surface area contributed by atoms with Crippen molar-refractivity contribution in [2.24, 2.45) is 0 Å². The number of carbonyl (C=O) groups is 1. The minimum atomic E-state index is 0.0196. The fourth-order valence-corrected chi connectivity index (χ4v) is 3.68. The number of urea groups is 1. The van der Waals surface area contributed by atoms with Crippen molar-refractivity contribution in [3.63, 3.8) is 0 Å². The van der Waals surface area contributed by atoms with Gasteiger partial charge in [-0.25, -0.2) is 4.79 Å². The summed E-state index contributed by atoms with van der Waals surface area (Å²) in [4.78, 5) is 14.5. The lowest BCUT2D eigenvalue weighted by molar-refractivity contribution is 0.228. The first-order valence-corrected chi connectivity index (χ1v) is 8.58. The van der Waals surface area contributed by atoms with Gasteiger partial charge in [0.05, 0.1) is 0 Å². The first-order valence-electron chi connectivity index (χ1n) is 8.58. The molecule has 1 heterocycles. The van der Waals surface area contributed by atoms with Gasteiger partial charge in [0.15, 0.2) is 0 Å². The molecule has 22 heavy (non-hydrogen) atoms. The van der Waals surface area contributed by atoms with Crippen molar-refractivity contribution in [2.45, 2.75) is 57.2 Å². The summed E-state index contributed by atoms with van der Waals surface area (Å²) in [5, 5.41) is 6.26. The van der Waals surface area contributed by atoms with Crippen LogP contribution in [0.4, 0.5) is 4.79 Å². The summed E-state index contributed by atoms with van der Waals surface area (Å²) >= 11 is 0. The second-order valence-electron chi connectivity index (χ2n) is 6.67. The topological polar surface area (TPSA) is 44.4 Å². The molecule has 0 bridgehead atoms. The predicted octanol–water partition coefficient (Wildman–Crippen LogP) is 3.06. The van der Waals surface area contributed by atoms with Crippen LogP contribution >= 0.6 is 0 Å². The highest BCUT2D eigenvalue weighted by molar-refractivity contribution is 5.74. The second kappa shape index (κ2) is 7.14. The molecule has 4 nitrogen and oxygen atoms in total. The number of carbonyl (C=O) groups excluding carboxylic acids is 1. The first-order chi connectivity index (χ1) is 10.7. The van der Waals surface area contributed by atoms with Crippen LogP contribution in [0.2, 0.25) is 0 Å². The monoisotopic (exact) mass is 301 g/mol. The van der Waals surface area contributed by atoms with Crippen molar-refractivity contribution < 1.29 is 4.79 Å². The first kappa shape index (κ1) is 15.3. The quantitative estimate of drug-likeness (QED) is 0.897. The van der Waals surface area contributed by atoms with E-state index in [4.69, 9.17) is 0 Å². The lowest BCUT2D eigenvalue weighted by Gasteiger charge is -2.25. The van der Waals surface area contributed by atoms with Crippen LogP contribution in [-0.4, -0.2) is 36.1 Å². The number of hydrogen-bond acceptors (Lipinski definition) is 2. The number of rotatable bonds is 4. The van der Waals surface area contributed by atoms with Crippen LogP contribution in [0.15, 0.2) is 30.3 Å². The Morgan fingerprint density at radius 1 is 1.09 bits per heavy atom. The van der Waals surface area contributed by atoms with Crippen molar-refractivity contribution in [1.82, 2.24) is 15.5 Å². The van der Waals surface area contributed by atoms with E-state index >= 15 is 0 Å². The molecule has 3 rings (SSSR count). The van der Waals surface area contributed by atoms with Gasteiger partial charge in [-0.1, -0.05) is 43.2 Å². The molecule has 1 aromatic carbocycles. The molecule has 1 aliphatic carbocycles. The maximum absolute atomic E-state index is 12.1. The summed E-state index contributed by atoms with van der Waals surface area (Å²) in [5.74, 6) is 0. The average molecular weight is 301 g/mol. The van der Waals surface area contributed by atoms with Gasteiger partial charge in [-0.15, -0.1) is 0 Å². The smallest absolute Gasteiger partial charge is 0.315 e. The van der Waals surface area contributed by atoms with Crippen molar-refractivity contribution in [2.75, 3.05) is 13.1 Å². The van der Waals surface area contributed by atoms with Gasteiger partial charge in [0, 0.05) is 31.2 Å². The molecule has 2 N–H and O–H groups in total. The van der Waals surface area contributed by atoms with Crippen LogP contribution in [0.5, 0.6) is 0 Å². The van der Waals surface area contributed by atoms with Gasteiger partial charge in [0.2, 0.25) is 0 Å². The molecule has 0 spiro atoms. The fraction of sp³-hybridized carbons (Fsp3) is 0.611. The number of nitrogens with zero attached hydrogens (tertiary/aromatic N) is 1. The Hall–Kier alpha value is -1.55. The fourth-order valence-electron chi connectivity index (χ4n) is 3.68. The van der Waals surface area contributed by atoms with Gasteiger partial charge in [-0.05, 0) is 31.7 Å². The van der Waals surface area contributed by atoms with Gasteiger partial charge >= 0.3 is 6.03 Å². The SMILES string of the molecule is CC(c1ccccc1)N1CCC(NC(=O)NC2CCCC2)C1. The van der Waals surface area contributed by atoms with E-state index < -0.39 is 0 Å². The zero-order valence-corrected chi connectivity index (χ0v) is 13.4. The Morgan fingerprint density at radius 3 is 2.50 bits per heavy atom. The molecule has 2 unspecified atom stereocenters. The molecule has 1 saturated heterocycles. The molecule has 2 atom stereocenters. The molecular formula is C18H27N3O. The molecule has 1 aliphatic heterocycles. The standard InChI is InChI=1S/C18H27N3O/c1-14(15-7-3-2-4-8-15)21-12-11-17(13-21)20-18(22)19-16-9-5-6-10-16/h2-4,7-8,14,16-17H,5-6,9-13H2,1H3,(H2,19,20,22). The Balaban J connectivity index is 1.46. The molecule has 2 aliphatic rings. The van der Waals surface area contributed by atoms with Crippen LogP contribution in [0.25, 0.3) is 0 Å². The van der Waals surface area contributed by atoms with Crippen LogP contribution in [0, 0.1) is 0 Å². The van der Waals surface area contributed by atoms with Crippen molar-refractivity contribution in [1.29, 1.82) is 0 Å². The summed E-state index contributed by atoms with van der Waals surface area (Å²) in [6.45, 7) is 4.23. The van der Waals surface area contributed by atoms with Gasteiger partial charge in [0.1, 0.15) is 0 Å². The zero-order valence-electron chi connectivity index (χ0n) is 13.4.